The Bertz CT molecular complexity index is 1080. The molecule has 2 heterocycles. The van der Waals surface area contributed by atoms with Crippen molar-refractivity contribution in [1.82, 2.24) is 14.8 Å². The lowest BCUT2D eigenvalue weighted by Gasteiger charge is -2.14. The molecule has 0 bridgehead atoms. The minimum Gasteiger partial charge on any atom is -0.469 e. The van der Waals surface area contributed by atoms with E-state index in [1.54, 1.807) is 5.38 Å². The summed E-state index contributed by atoms with van der Waals surface area (Å²) in [5, 5.41) is 9.66. The summed E-state index contributed by atoms with van der Waals surface area (Å²) in [5.74, 6) is -0.647. The van der Waals surface area contributed by atoms with E-state index >= 15 is 0 Å². The quantitative estimate of drug-likeness (QED) is 0.565. The highest BCUT2D eigenvalue weighted by atomic mass is 79.9. The third-order valence-electron chi connectivity index (χ3n) is 4.77. The Morgan fingerprint density at radius 2 is 2.14 bits per heavy atom. The molecule has 1 aromatic carbocycles. The Kier molecular flexibility index (Phi) is 5.77. The Balaban J connectivity index is 1.61. The highest BCUT2D eigenvalue weighted by Crippen LogP contribution is 2.28. The molecule has 0 aliphatic heterocycles. The van der Waals surface area contributed by atoms with E-state index in [9.17, 15) is 9.59 Å². The predicted octanol–water partition coefficient (Wildman–Crippen LogP) is 3.94. The Hall–Kier alpha value is -2.52. The van der Waals surface area contributed by atoms with E-state index in [2.05, 4.69) is 36.1 Å². The number of fused-ring (bicyclic) bond motifs is 1. The molecule has 0 saturated heterocycles. The van der Waals surface area contributed by atoms with Crippen molar-refractivity contribution in [2.24, 2.45) is 0 Å². The molecule has 2 aromatic heterocycles. The van der Waals surface area contributed by atoms with Crippen molar-refractivity contribution in [3.05, 3.63) is 56.8 Å². The topological polar surface area (TPSA) is 86.1 Å². The van der Waals surface area contributed by atoms with Gasteiger partial charge in [-0.05, 0) is 43.9 Å². The Morgan fingerprint density at radius 3 is 2.93 bits per heavy atom. The molecule has 9 heteroatoms. The van der Waals surface area contributed by atoms with Gasteiger partial charge < -0.3 is 4.74 Å². The number of esters is 1. The van der Waals surface area contributed by atoms with Gasteiger partial charge in [0.05, 0.1) is 24.9 Å². The van der Waals surface area contributed by atoms with Crippen LogP contribution in [0.2, 0.25) is 0 Å². The van der Waals surface area contributed by atoms with Crippen molar-refractivity contribution in [1.29, 1.82) is 0 Å². The fourth-order valence-electron chi connectivity index (χ4n) is 3.42. The first-order chi connectivity index (χ1) is 14.0. The number of anilines is 1. The number of thiazole rings is 1. The molecule has 7 nitrogen and oxygen atoms in total. The van der Waals surface area contributed by atoms with Crippen molar-refractivity contribution >= 4 is 44.3 Å². The number of amides is 1. The summed E-state index contributed by atoms with van der Waals surface area (Å²) < 4.78 is 7.49. The summed E-state index contributed by atoms with van der Waals surface area (Å²) in [6.07, 6.45) is 3.92. The predicted molar refractivity (Wildman–Crippen MR) is 114 cm³/mol. The molecule has 1 aliphatic rings. The highest BCUT2D eigenvalue weighted by molar-refractivity contribution is 9.10. The van der Waals surface area contributed by atoms with Crippen molar-refractivity contribution < 1.29 is 14.3 Å². The number of methoxy groups -OCH3 is 1. The number of hydrogen-bond donors (Lipinski definition) is 1. The number of nitrogens with one attached hydrogen (secondary N) is 1. The van der Waals surface area contributed by atoms with Gasteiger partial charge in [0, 0.05) is 21.1 Å². The molecule has 4 rings (SSSR count). The van der Waals surface area contributed by atoms with Crippen LogP contribution in [0.3, 0.4) is 0 Å². The zero-order valence-corrected chi connectivity index (χ0v) is 18.2. The SMILES string of the molecule is COC(=O)Cc1csc(NC(=O)c2nn(-c3cccc(Br)c3)c3c2CCCC3)n1. The number of aromatic nitrogens is 3. The van der Waals surface area contributed by atoms with Gasteiger partial charge in [-0.1, -0.05) is 22.0 Å². The number of carbonyl (C=O) groups excluding carboxylic acids is 2. The zero-order chi connectivity index (χ0) is 20.4. The number of rotatable bonds is 5. The molecule has 150 valence electrons. The largest absolute Gasteiger partial charge is 0.469 e. The van der Waals surface area contributed by atoms with Crippen LogP contribution in [-0.2, 0) is 28.8 Å². The van der Waals surface area contributed by atoms with Gasteiger partial charge in [0.2, 0.25) is 0 Å². The highest BCUT2D eigenvalue weighted by Gasteiger charge is 2.26. The number of nitrogens with zero attached hydrogens (tertiary/aromatic N) is 3. The third-order valence-corrected chi connectivity index (χ3v) is 6.07. The molecule has 0 fully saturated rings. The fourth-order valence-corrected chi connectivity index (χ4v) is 4.52. The first-order valence-corrected chi connectivity index (χ1v) is 10.9. The average molecular weight is 475 g/mol. The first-order valence-electron chi connectivity index (χ1n) is 9.24. The molecule has 0 unspecified atom stereocenters. The van der Waals surface area contributed by atoms with Crippen LogP contribution in [0.1, 0.15) is 40.3 Å². The fraction of sp³-hybridized carbons (Fsp3) is 0.300. The molecule has 0 saturated carbocycles. The lowest BCUT2D eigenvalue weighted by atomic mass is 9.95. The maximum Gasteiger partial charge on any atom is 0.311 e. The third kappa shape index (κ3) is 4.25. The van der Waals surface area contributed by atoms with Crippen LogP contribution in [0.15, 0.2) is 34.1 Å². The van der Waals surface area contributed by atoms with Crippen LogP contribution in [0.25, 0.3) is 5.69 Å². The molecule has 1 amide bonds. The molecule has 0 atom stereocenters. The van der Waals surface area contributed by atoms with Crippen LogP contribution in [-0.4, -0.2) is 33.8 Å². The van der Waals surface area contributed by atoms with E-state index in [1.807, 2.05) is 28.9 Å². The maximum atomic E-state index is 13.0. The van der Waals surface area contributed by atoms with E-state index in [4.69, 9.17) is 0 Å². The van der Waals surface area contributed by atoms with Crippen LogP contribution >= 0.6 is 27.3 Å². The zero-order valence-electron chi connectivity index (χ0n) is 15.8. The lowest BCUT2D eigenvalue weighted by molar-refractivity contribution is -0.139. The molecular weight excluding hydrogens is 456 g/mol. The molecule has 1 N–H and O–H groups in total. The normalized spacial score (nSPS) is 13.0. The van der Waals surface area contributed by atoms with Gasteiger partial charge in [0.1, 0.15) is 0 Å². The Labute approximate surface area is 180 Å². The van der Waals surface area contributed by atoms with Gasteiger partial charge in [0.25, 0.3) is 5.91 Å². The minimum atomic E-state index is -0.366. The van der Waals surface area contributed by atoms with E-state index in [-0.39, 0.29) is 18.3 Å². The van der Waals surface area contributed by atoms with Crippen molar-refractivity contribution in [3.63, 3.8) is 0 Å². The van der Waals surface area contributed by atoms with Gasteiger partial charge in [-0.3, -0.25) is 14.9 Å². The monoisotopic (exact) mass is 474 g/mol. The standard InChI is InChI=1S/C20H19BrN4O3S/c1-28-17(26)10-13-11-29-20(22-13)23-19(27)18-15-7-2-3-8-16(15)25(24-18)14-6-4-5-12(21)9-14/h4-6,9,11H,2-3,7-8,10H2,1H3,(H,22,23,27). The molecular formula is C20H19BrN4O3S. The number of ether oxygens (including phenoxy) is 1. The van der Waals surface area contributed by atoms with Gasteiger partial charge in [-0.25, -0.2) is 9.67 Å². The molecule has 0 spiro atoms. The van der Waals surface area contributed by atoms with Gasteiger partial charge in [-0.15, -0.1) is 11.3 Å². The van der Waals surface area contributed by atoms with Crippen molar-refractivity contribution in [3.8, 4) is 5.69 Å². The second-order valence-electron chi connectivity index (χ2n) is 6.72. The summed E-state index contributed by atoms with van der Waals surface area (Å²) in [6.45, 7) is 0. The van der Waals surface area contributed by atoms with E-state index in [0.717, 1.165) is 47.1 Å². The van der Waals surface area contributed by atoms with E-state index in [1.165, 1.54) is 18.4 Å². The summed E-state index contributed by atoms with van der Waals surface area (Å²) in [6, 6.07) is 7.88. The van der Waals surface area contributed by atoms with Crippen molar-refractivity contribution in [2.45, 2.75) is 32.1 Å². The second-order valence-corrected chi connectivity index (χ2v) is 8.50. The number of hydrogen-bond acceptors (Lipinski definition) is 6. The van der Waals surface area contributed by atoms with Crippen LogP contribution < -0.4 is 5.32 Å². The maximum absolute atomic E-state index is 13.0. The van der Waals surface area contributed by atoms with Crippen LogP contribution in [0.4, 0.5) is 5.13 Å². The van der Waals surface area contributed by atoms with Crippen LogP contribution in [0.5, 0.6) is 0 Å². The summed E-state index contributed by atoms with van der Waals surface area (Å²) in [7, 11) is 1.34. The number of benzene rings is 1. The number of carbonyl (C=O) groups is 2. The summed E-state index contributed by atoms with van der Waals surface area (Å²) in [4.78, 5) is 28.7. The van der Waals surface area contributed by atoms with Crippen molar-refractivity contribution in [2.75, 3.05) is 12.4 Å². The van der Waals surface area contributed by atoms with Gasteiger partial charge in [-0.2, -0.15) is 5.10 Å². The summed E-state index contributed by atoms with van der Waals surface area (Å²) >= 11 is 4.78. The van der Waals surface area contributed by atoms with Gasteiger partial charge in [0.15, 0.2) is 10.8 Å². The molecule has 29 heavy (non-hydrogen) atoms. The summed E-state index contributed by atoms with van der Waals surface area (Å²) in [5.41, 5.74) is 4.01. The second kappa shape index (κ2) is 8.46. The van der Waals surface area contributed by atoms with Gasteiger partial charge >= 0.3 is 5.97 Å². The smallest absolute Gasteiger partial charge is 0.311 e. The Morgan fingerprint density at radius 1 is 1.31 bits per heavy atom. The average Bonchev–Trinajstić information content (AvgIpc) is 3.32. The minimum absolute atomic E-state index is 0.0791. The first kappa shape index (κ1) is 19.8. The number of halogens is 1. The molecule has 3 aromatic rings. The van der Waals surface area contributed by atoms with Crippen LogP contribution in [0, 0.1) is 0 Å². The lowest BCUT2D eigenvalue weighted by Crippen LogP contribution is -2.15. The van der Waals surface area contributed by atoms with E-state index < -0.39 is 0 Å². The van der Waals surface area contributed by atoms with E-state index in [0.29, 0.717) is 16.5 Å². The molecule has 0 radical (unpaired) electrons. The molecule has 1 aliphatic carbocycles.